The molecular formula is C18H32O5. The fraction of sp³-hybridized carbons (Fsp3) is 0.889. The summed E-state index contributed by atoms with van der Waals surface area (Å²) in [6, 6.07) is 0. The highest BCUT2D eigenvalue weighted by Crippen LogP contribution is 2.45. The molecule has 0 radical (unpaired) electrons. The van der Waals surface area contributed by atoms with E-state index in [9.17, 15) is 15.3 Å². The van der Waals surface area contributed by atoms with E-state index in [2.05, 4.69) is 13.5 Å². The van der Waals surface area contributed by atoms with Gasteiger partial charge in [0, 0.05) is 12.8 Å². The molecule has 2 aliphatic heterocycles. The minimum Gasteiger partial charge on any atom is -0.394 e. The minimum absolute atomic E-state index is 0.0265. The number of aliphatic hydroxyl groups is 3. The molecule has 0 saturated carbocycles. The maximum atomic E-state index is 10.2. The fourth-order valence-electron chi connectivity index (χ4n) is 3.73. The van der Waals surface area contributed by atoms with E-state index in [0.717, 1.165) is 25.7 Å². The van der Waals surface area contributed by atoms with E-state index < -0.39 is 18.0 Å². The Kier molecular flexibility index (Phi) is 7.04. The van der Waals surface area contributed by atoms with Crippen LogP contribution in [0.2, 0.25) is 0 Å². The lowest BCUT2D eigenvalue weighted by Crippen LogP contribution is -2.38. The zero-order valence-electron chi connectivity index (χ0n) is 14.2. The van der Waals surface area contributed by atoms with Crippen molar-refractivity contribution in [3.63, 3.8) is 0 Å². The predicted molar refractivity (Wildman–Crippen MR) is 87.9 cm³/mol. The Labute approximate surface area is 139 Å². The summed E-state index contributed by atoms with van der Waals surface area (Å²) in [5.74, 6) is -0.265. The highest BCUT2D eigenvalue weighted by atomic mass is 16.8. The Hall–Kier alpha value is -0.460. The van der Waals surface area contributed by atoms with Crippen molar-refractivity contribution in [2.24, 2.45) is 5.92 Å². The van der Waals surface area contributed by atoms with Gasteiger partial charge in [0.15, 0.2) is 5.79 Å². The van der Waals surface area contributed by atoms with Gasteiger partial charge in [-0.3, -0.25) is 0 Å². The molecule has 5 nitrogen and oxygen atoms in total. The molecule has 134 valence electrons. The number of allylic oxidation sites excluding steroid dienone is 1. The van der Waals surface area contributed by atoms with Gasteiger partial charge in [0.2, 0.25) is 0 Å². The van der Waals surface area contributed by atoms with Crippen LogP contribution in [0.25, 0.3) is 0 Å². The monoisotopic (exact) mass is 328 g/mol. The van der Waals surface area contributed by atoms with Crippen LogP contribution in [-0.2, 0) is 9.47 Å². The first-order chi connectivity index (χ1) is 11.0. The summed E-state index contributed by atoms with van der Waals surface area (Å²) >= 11 is 0. The second-order valence-electron chi connectivity index (χ2n) is 7.15. The van der Waals surface area contributed by atoms with Crippen molar-refractivity contribution in [2.75, 3.05) is 6.61 Å². The second-order valence-corrected chi connectivity index (χ2v) is 7.15. The highest BCUT2D eigenvalue weighted by Gasteiger charge is 2.52. The van der Waals surface area contributed by atoms with E-state index in [-0.39, 0.29) is 18.8 Å². The van der Waals surface area contributed by atoms with Crippen LogP contribution in [0.3, 0.4) is 0 Å². The highest BCUT2D eigenvalue weighted by molar-refractivity contribution is 4.93. The van der Waals surface area contributed by atoms with Gasteiger partial charge in [-0.15, -0.1) is 6.58 Å². The van der Waals surface area contributed by atoms with Gasteiger partial charge in [-0.05, 0) is 44.4 Å². The zero-order valence-corrected chi connectivity index (χ0v) is 14.2. The number of unbranched alkanes of at least 4 members (excludes halogenated alkanes) is 1. The first kappa shape index (κ1) is 18.9. The Morgan fingerprint density at radius 1 is 1.26 bits per heavy atom. The largest absolute Gasteiger partial charge is 0.394 e. The van der Waals surface area contributed by atoms with Crippen LogP contribution in [0, 0.1) is 5.92 Å². The third-order valence-electron chi connectivity index (χ3n) is 5.15. The smallest absolute Gasteiger partial charge is 0.169 e. The van der Waals surface area contributed by atoms with Crippen molar-refractivity contribution in [3.05, 3.63) is 12.7 Å². The summed E-state index contributed by atoms with van der Waals surface area (Å²) in [5.41, 5.74) is 0. The molecule has 0 aromatic carbocycles. The van der Waals surface area contributed by atoms with Crippen LogP contribution in [0.1, 0.15) is 58.3 Å². The summed E-state index contributed by atoms with van der Waals surface area (Å²) in [6.45, 7) is 5.76. The minimum atomic E-state index is -0.653. The van der Waals surface area contributed by atoms with Crippen molar-refractivity contribution >= 4 is 0 Å². The van der Waals surface area contributed by atoms with Crippen molar-refractivity contribution in [3.8, 4) is 0 Å². The topological polar surface area (TPSA) is 79.2 Å². The average Bonchev–Trinajstić information content (AvgIpc) is 2.85. The Morgan fingerprint density at radius 3 is 2.70 bits per heavy atom. The van der Waals surface area contributed by atoms with Gasteiger partial charge in [-0.25, -0.2) is 0 Å². The van der Waals surface area contributed by atoms with Crippen LogP contribution < -0.4 is 0 Å². The summed E-state index contributed by atoms with van der Waals surface area (Å²) in [5, 5.41) is 29.6. The quantitative estimate of drug-likeness (QED) is 0.423. The number of rotatable bonds is 10. The number of ether oxygens (including phenoxy) is 2. The predicted octanol–water partition coefficient (Wildman–Crippen LogP) is 2.14. The average molecular weight is 328 g/mol. The lowest BCUT2D eigenvalue weighted by molar-refractivity contribution is -0.209. The molecule has 0 spiro atoms. The number of hydrogen-bond donors (Lipinski definition) is 3. The molecule has 2 fully saturated rings. The van der Waals surface area contributed by atoms with Crippen molar-refractivity contribution in [1.29, 1.82) is 0 Å². The van der Waals surface area contributed by atoms with Gasteiger partial charge in [0.25, 0.3) is 0 Å². The molecule has 23 heavy (non-hydrogen) atoms. The number of aliphatic hydroxyl groups excluding tert-OH is 3. The van der Waals surface area contributed by atoms with Crippen LogP contribution in [-0.4, -0.2) is 52.1 Å². The van der Waals surface area contributed by atoms with E-state index >= 15 is 0 Å². The van der Waals surface area contributed by atoms with Crippen molar-refractivity contribution in [2.45, 2.75) is 88.5 Å². The zero-order chi connectivity index (χ0) is 16.9. The van der Waals surface area contributed by atoms with Gasteiger partial charge in [-0.1, -0.05) is 13.0 Å². The standard InChI is InChI=1S/C18H32O5/c1-3-4-5-6-14(20)11-15(21)8-10-18-9-7-13(2)17(23-18)16(12-19)22-18/h3,13-17,19-21H,1,4-12H2,2H3/t13-,14+,15+,16-,17-,18-/m1/s1. The molecule has 6 atom stereocenters. The molecule has 0 amide bonds. The van der Waals surface area contributed by atoms with Gasteiger partial charge in [0.05, 0.1) is 24.9 Å². The van der Waals surface area contributed by atoms with Crippen molar-refractivity contribution < 1.29 is 24.8 Å². The Bertz CT molecular complexity index is 370. The molecule has 0 unspecified atom stereocenters. The van der Waals surface area contributed by atoms with E-state index in [1.165, 1.54) is 0 Å². The molecule has 3 N–H and O–H groups in total. The number of fused-ring (bicyclic) bond motifs is 2. The van der Waals surface area contributed by atoms with Crippen LogP contribution in [0.15, 0.2) is 12.7 Å². The van der Waals surface area contributed by atoms with Crippen molar-refractivity contribution in [1.82, 2.24) is 0 Å². The van der Waals surface area contributed by atoms with Crippen LogP contribution in [0.4, 0.5) is 0 Å². The summed E-state index contributed by atoms with van der Waals surface area (Å²) < 4.78 is 12.0. The van der Waals surface area contributed by atoms with Crippen LogP contribution in [0.5, 0.6) is 0 Å². The molecular weight excluding hydrogens is 296 g/mol. The maximum Gasteiger partial charge on any atom is 0.169 e. The molecule has 0 aromatic heterocycles. The van der Waals surface area contributed by atoms with E-state index in [1.807, 2.05) is 6.08 Å². The lowest BCUT2D eigenvalue weighted by atomic mass is 9.89. The molecule has 0 aliphatic carbocycles. The molecule has 2 heterocycles. The molecule has 0 aromatic rings. The van der Waals surface area contributed by atoms with Gasteiger partial charge < -0.3 is 24.8 Å². The lowest BCUT2D eigenvalue weighted by Gasteiger charge is -2.35. The number of hydrogen-bond acceptors (Lipinski definition) is 5. The summed E-state index contributed by atoms with van der Waals surface area (Å²) in [6.07, 6.45) is 6.33. The first-order valence-corrected chi connectivity index (χ1v) is 8.93. The summed E-state index contributed by atoms with van der Waals surface area (Å²) in [7, 11) is 0. The molecule has 5 heteroatoms. The van der Waals surface area contributed by atoms with Gasteiger partial charge in [-0.2, -0.15) is 0 Å². The molecule has 2 saturated heterocycles. The Balaban J connectivity index is 1.75. The SMILES string of the molecule is C=CCCC[C@H](O)C[C@@H](O)CC[C@@]12CC[C@@H](C)[C@@H](O1)[C@@H](CO)O2. The summed E-state index contributed by atoms with van der Waals surface area (Å²) in [4.78, 5) is 0. The third-order valence-corrected chi connectivity index (χ3v) is 5.15. The molecule has 2 bridgehead atoms. The van der Waals surface area contributed by atoms with E-state index in [1.54, 1.807) is 0 Å². The van der Waals surface area contributed by atoms with Gasteiger partial charge in [0.1, 0.15) is 6.10 Å². The van der Waals surface area contributed by atoms with Gasteiger partial charge >= 0.3 is 0 Å². The maximum absolute atomic E-state index is 10.2. The first-order valence-electron chi connectivity index (χ1n) is 8.93. The third kappa shape index (κ3) is 5.00. The van der Waals surface area contributed by atoms with E-state index in [0.29, 0.717) is 31.6 Å². The van der Waals surface area contributed by atoms with Crippen LogP contribution >= 0.6 is 0 Å². The normalized spacial score (nSPS) is 35.9. The molecule has 2 aliphatic rings. The second kappa shape index (κ2) is 8.58. The Morgan fingerprint density at radius 2 is 2.00 bits per heavy atom. The van der Waals surface area contributed by atoms with E-state index in [4.69, 9.17) is 9.47 Å². The fourth-order valence-corrected chi connectivity index (χ4v) is 3.73. The molecule has 2 rings (SSSR count).